The van der Waals surface area contributed by atoms with Gasteiger partial charge >= 0.3 is 0 Å². The van der Waals surface area contributed by atoms with Gasteiger partial charge < -0.3 is 6.15 Å². The zero-order chi connectivity index (χ0) is 6.97. The van der Waals surface area contributed by atoms with Crippen molar-refractivity contribution in [3.8, 4) is 0 Å². The monoisotopic (exact) mass is 153 g/mol. The highest BCUT2D eigenvalue weighted by molar-refractivity contribution is 5.71. The average Bonchev–Trinajstić information content (AvgIpc) is 2.42. The fourth-order valence-corrected chi connectivity index (χ4v) is 1.34. The number of fused-ring (bicyclic) bond motifs is 1. The van der Waals surface area contributed by atoms with Crippen molar-refractivity contribution in [3.05, 3.63) is 17.5 Å². The minimum absolute atomic E-state index is 0. The Bertz CT molecular complexity index is 245. The summed E-state index contributed by atoms with van der Waals surface area (Å²) in [5.41, 5.74) is 1.76. The molecule has 11 heavy (non-hydrogen) atoms. The van der Waals surface area contributed by atoms with E-state index in [-0.39, 0.29) is 6.15 Å². The SMILES string of the molecule is N.O=Cc1cc2n(n1)CCC2. The molecule has 0 atom stereocenters. The van der Waals surface area contributed by atoms with E-state index in [1.54, 1.807) is 0 Å². The fourth-order valence-electron chi connectivity index (χ4n) is 1.34. The molecule has 4 heteroatoms. The normalized spacial score (nSPS) is 13.8. The number of hydrogen-bond acceptors (Lipinski definition) is 3. The quantitative estimate of drug-likeness (QED) is 0.607. The van der Waals surface area contributed by atoms with Crippen LogP contribution >= 0.6 is 0 Å². The summed E-state index contributed by atoms with van der Waals surface area (Å²) in [6.45, 7) is 0.975. The van der Waals surface area contributed by atoms with Crippen LogP contribution in [0.15, 0.2) is 6.07 Å². The van der Waals surface area contributed by atoms with Gasteiger partial charge in [-0.2, -0.15) is 5.10 Å². The highest BCUT2D eigenvalue weighted by Crippen LogP contribution is 2.13. The summed E-state index contributed by atoms with van der Waals surface area (Å²) in [5, 5.41) is 4.06. The minimum Gasteiger partial charge on any atom is -0.344 e. The number of carbonyl (C=O) groups excluding carboxylic acids is 1. The second-order valence-electron chi connectivity index (χ2n) is 2.51. The van der Waals surface area contributed by atoms with Gasteiger partial charge in [0, 0.05) is 12.2 Å². The molecule has 2 rings (SSSR count). The van der Waals surface area contributed by atoms with Crippen LogP contribution in [-0.4, -0.2) is 16.1 Å². The molecule has 0 saturated heterocycles. The van der Waals surface area contributed by atoms with E-state index < -0.39 is 0 Å². The molecule has 60 valence electrons. The molecule has 0 aromatic carbocycles. The van der Waals surface area contributed by atoms with E-state index in [0.717, 1.165) is 19.3 Å². The zero-order valence-electron chi connectivity index (χ0n) is 6.29. The predicted molar refractivity (Wildman–Crippen MR) is 41.0 cm³/mol. The second kappa shape index (κ2) is 2.84. The van der Waals surface area contributed by atoms with E-state index in [2.05, 4.69) is 5.10 Å². The van der Waals surface area contributed by atoms with Gasteiger partial charge in [-0.15, -0.1) is 0 Å². The molecule has 2 heterocycles. The van der Waals surface area contributed by atoms with Crippen molar-refractivity contribution in [3.63, 3.8) is 0 Å². The molecular weight excluding hydrogens is 142 g/mol. The molecule has 0 amide bonds. The maximum Gasteiger partial charge on any atom is 0.170 e. The molecule has 1 aliphatic rings. The third-order valence-corrected chi connectivity index (χ3v) is 1.81. The van der Waals surface area contributed by atoms with Crippen molar-refractivity contribution in [2.75, 3.05) is 0 Å². The van der Waals surface area contributed by atoms with Crippen LogP contribution in [0.2, 0.25) is 0 Å². The Morgan fingerprint density at radius 3 is 3.09 bits per heavy atom. The van der Waals surface area contributed by atoms with E-state index in [1.807, 2.05) is 10.7 Å². The van der Waals surface area contributed by atoms with Crippen LogP contribution in [0.4, 0.5) is 0 Å². The number of rotatable bonds is 1. The van der Waals surface area contributed by atoms with Gasteiger partial charge in [0.1, 0.15) is 5.69 Å². The van der Waals surface area contributed by atoms with Crippen molar-refractivity contribution >= 4 is 6.29 Å². The summed E-state index contributed by atoms with van der Waals surface area (Å²) >= 11 is 0. The minimum atomic E-state index is 0. The van der Waals surface area contributed by atoms with Crippen molar-refractivity contribution in [2.45, 2.75) is 19.4 Å². The number of aromatic nitrogens is 2. The third-order valence-electron chi connectivity index (χ3n) is 1.81. The molecule has 0 saturated carbocycles. The van der Waals surface area contributed by atoms with Crippen LogP contribution in [0, 0.1) is 0 Å². The van der Waals surface area contributed by atoms with E-state index in [0.29, 0.717) is 5.69 Å². The molecule has 1 aliphatic heterocycles. The first-order chi connectivity index (χ1) is 4.90. The molecule has 1 aromatic heterocycles. The first kappa shape index (κ1) is 7.94. The van der Waals surface area contributed by atoms with Crippen molar-refractivity contribution in [1.29, 1.82) is 0 Å². The summed E-state index contributed by atoms with van der Waals surface area (Å²) in [4.78, 5) is 10.2. The first-order valence-electron chi connectivity index (χ1n) is 3.42. The topological polar surface area (TPSA) is 69.9 Å². The number of hydrogen-bond donors (Lipinski definition) is 1. The Labute approximate surface area is 64.8 Å². The number of nitrogens with zero attached hydrogens (tertiary/aromatic N) is 2. The first-order valence-corrected chi connectivity index (χ1v) is 3.42. The molecule has 0 unspecified atom stereocenters. The highest BCUT2D eigenvalue weighted by atomic mass is 16.1. The van der Waals surface area contributed by atoms with Crippen molar-refractivity contribution < 1.29 is 4.79 Å². The molecule has 0 aliphatic carbocycles. The third kappa shape index (κ3) is 1.17. The molecule has 0 fully saturated rings. The van der Waals surface area contributed by atoms with Gasteiger partial charge in [0.2, 0.25) is 0 Å². The van der Waals surface area contributed by atoms with E-state index >= 15 is 0 Å². The Hall–Kier alpha value is -1.16. The Morgan fingerprint density at radius 1 is 1.64 bits per heavy atom. The summed E-state index contributed by atoms with van der Waals surface area (Å²) in [7, 11) is 0. The average molecular weight is 153 g/mol. The van der Waals surface area contributed by atoms with Gasteiger partial charge in [-0.3, -0.25) is 9.48 Å². The lowest BCUT2D eigenvalue weighted by Gasteiger charge is -1.88. The Morgan fingerprint density at radius 2 is 2.45 bits per heavy atom. The Balaban J connectivity index is 0.000000605. The Kier molecular flexibility index (Phi) is 2.05. The van der Waals surface area contributed by atoms with E-state index in [9.17, 15) is 4.79 Å². The molecule has 3 N–H and O–H groups in total. The van der Waals surface area contributed by atoms with Crippen LogP contribution in [-0.2, 0) is 13.0 Å². The molecule has 0 bridgehead atoms. The summed E-state index contributed by atoms with van der Waals surface area (Å²) in [5.74, 6) is 0. The predicted octanol–water partition coefficient (Wildman–Crippen LogP) is 0.804. The lowest BCUT2D eigenvalue weighted by Crippen LogP contribution is -1.94. The number of aldehydes is 1. The lowest BCUT2D eigenvalue weighted by atomic mass is 10.3. The van der Waals surface area contributed by atoms with Crippen LogP contribution in [0.1, 0.15) is 22.6 Å². The van der Waals surface area contributed by atoms with Crippen molar-refractivity contribution in [2.24, 2.45) is 0 Å². The smallest absolute Gasteiger partial charge is 0.170 e. The molecule has 0 radical (unpaired) electrons. The summed E-state index contributed by atoms with van der Waals surface area (Å²) in [6.07, 6.45) is 3.04. The standard InChI is InChI=1S/C7H8N2O.H3N/c10-5-6-4-7-2-1-3-9(7)8-6;/h4-5H,1-3H2;1H3. The largest absolute Gasteiger partial charge is 0.344 e. The van der Waals surface area contributed by atoms with Gasteiger partial charge in [0.05, 0.1) is 0 Å². The number of carbonyl (C=O) groups is 1. The maximum atomic E-state index is 10.2. The van der Waals surface area contributed by atoms with Crippen LogP contribution in [0.25, 0.3) is 0 Å². The van der Waals surface area contributed by atoms with Gasteiger partial charge in [0.25, 0.3) is 0 Å². The molecular formula is C7H11N3O. The van der Waals surface area contributed by atoms with Crippen molar-refractivity contribution in [1.82, 2.24) is 15.9 Å². The highest BCUT2D eigenvalue weighted by Gasteiger charge is 2.12. The second-order valence-corrected chi connectivity index (χ2v) is 2.51. The molecule has 4 nitrogen and oxygen atoms in total. The van der Waals surface area contributed by atoms with Gasteiger partial charge in [-0.25, -0.2) is 0 Å². The maximum absolute atomic E-state index is 10.2. The summed E-state index contributed by atoms with van der Waals surface area (Å²) < 4.78 is 1.91. The molecule has 1 aromatic rings. The van der Waals surface area contributed by atoms with E-state index in [1.165, 1.54) is 12.1 Å². The van der Waals surface area contributed by atoms with Gasteiger partial charge in [-0.05, 0) is 18.9 Å². The fraction of sp³-hybridized carbons (Fsp3) is 0.429. The zero-order valence-corrected chi connectivity index (χ0v) is 6.29. The van der Waals surface area contributed by atoms with E-state index in [4.69, 9.17) is 0 Å². The summed E-state index contributed by atoms with van der Waals surface area (Å²) in [6, 6.07) is 1.86. The van der Waals surface area contributed by atoms with Crippen LogP contribution < -0.4 is 6.15 Å². The van der Waals surface area contributed by atoms with Gasteiger partial charge in [-0.1, -0.05) is 0 Å². The molecule has 0 spiro atoms. The van der Waals surface area contributed by atoms with Crippen LogP contribution in [0.3, 0.4) is 0 Å². The van der Waals surface area contributed by atoms with Gasteiger partial charge in [0.15, 0.2) is 6.29 Å². The number of aryl methyl sites for hydroxylation is 2. The lowest BCUT2D eigenvalue weighted by molar-refractivity contribution is 0.111. The van der Waals surface area contributed by atoms with Crippen LogP contribution in [0.5, 0.6) is 0 Å².